The number of aliphatic hydroxyl groups is 1. The quantitative estimate of drug-likeness (QED) is 0.334. The standard InChI is InChI=1S/C28H32O.C4H8.C2H4.CH4O/c1-4-18-6-8-19(9-7-18)25-17-28(3)21(5-2)11-15-26(28)24-13-10-20-16-22(29)12-14-23(20)27(24)25;1-3-4-2;2*1-2/h2,6-9,16,21,24-26H,4,10-15,17H2,1,3H3;3H,1,4H2,2H3;1-2H2;2H,1H3. The van der Waals surface area contributed by atoms with Crippen LogP contribution in [0.3, 0.4) is 0 Å². The van der Waals surface area contributed by atoms with Crippen LogP contribution in [-0.4, -0.2) is 18.0 Å². The second kappa shape index (κ2) is 14.3. The summed E-state index contributed by atoms with van der Waals surface area (Å²) in [6.07, 6.45) is 19.5. The lowest BCUT2D eigenvalue weighted by Crippen LogP contribution is -2.43. The highest BCUT2D eigenvalue weighted by Crippen LogP contribution is 2.65. The summed E-state index contributed by atoms with van der Waals surface area (Å²) >= 11 is 0. The van der Waals surface area contributed by atoms with Gasteiger partial charge in [-0.3, -0.25) is 4.79 Å². The smallest absolute Gasteiger partial charge is 0.156 e. The number of ketones is 1. The van der Waals surface area contributed by atoms with Gasteiger partial charge in [0.1, 0.15) is 0 Å². The number of hydrogen-bond donors (Lipinski definition) is 1. The third-order valence-electron chi connectivity index (χ3n) is 9.01. The molecule has 0 spiro atoms. The van der Waals surface area contributed by atoms with Crippen molar-refractivity contribution in [1.82, 2.24) is 0 Å². The number of aliphatic hydroxyl groups excluding tert-OH is 1. The molecule has 0 heterocycles. The Bertz CT molecular complexity index is 1020. The van der Waals surface area contributed by atoms with Gasteiger partial charge in [-0.1, -0.05) is 56.7 Å². The third-order valence-corrected chi connectivity index (χ3v) is 9.01. The lowest BCUT2D eigenvalue weighted by Gasteiger charge is -2.52. The molecule has 0 aliphatic heterocycles. The number of allylic oxidation sites excluding steroid dienone is 5. The number of fused-ring (bicyclic) bond motifs is 4. The molecule has 0 bridgehead atoms. The SMILES string of the molecule is C#CC1CCC2C3CCC4=CC(=O)CCC4=C3C(c3ccc(CC)cc3)CC12C.C=C.C=CCC.CO. The Hall–Kier alpha value is -2.63. The van der Waals surface area contributed by atoms with Gasteiger partial charge >= 0.3 is 0 Å². The molecular weight excluding hydrogens is 452 g/mol. The van der Waals surface area contributed by atoms with Crippen LogP contribution in [0.25, 0.3) is 0 Å². The van der Waals surface area contributed by atoms with E-state index in [2.05, 4.69) is 70.7 Å². The molecule has 200 valence electrons. The number of benzene rings is 1. The van der Waals surface area contributed by atoms with Crippen molar-refractivity contribution >= 4 is 5.78 Å². The molecule has 4 aliphatic rings. The molecule has 1 aromatic carbocycles. The summed E-state index contributed by atoms with van der Waals surface area (Å²) in [4.78, 5) is 12.1. The highest BCUT2D eigenvalue weighted by atomic mass is 16.2. The Labute approximate surface area is 226 Å². The zero-order chi connectivity index (χ0) is 27.6. The van der Waals surface area contributed by atoms with Crippen molar-refractivity contribution in [2.75, 3.05) is 7.11 Å². The van der Waals surface area contributed by atoms with Gasteiger partial charge in [0.05, 0.1) is 0 Å². The normalized spacial score (nSPS) is 29.2. The topological polar surface area (TPSA) is 37.3 Å². The number of carbonyl (C=O) groups excluding carboxylic acids is 1. The van der Waals surface area contributed by atoms with Gasteiger partial charge in [0.25, 0.3) is 0 Å². The van der Waals surface area contributed by atoms with Crippen LogP contribution in [0.1, 0.15) is 89.2 Å². The van der Waals surface area contributed by atoms with Crippen molar-refractivity contribution in [3.8, 4) is 12.3 Å². The van der Waals surface area contributed by atoms with E-state index in [1.165, 1.54) is 41.5 Å². The summed E-state index contributed by atoms with van der Waals surface area (Å²) in [5.41, 5.74) is 7.66. The highest BCUT2D eigenvalue weighted by Gasteiger charge is 2.56. The third kappa shape index (κ3) is 6.27. The first-order valence-corrected chi connectivity index (χ1v) is 14.0. The molecule has 5 unspecified atom stereocenters. The first-order chi connectivity index (χ1) is 18.0. The molecule has 0 amide bonds. The number of carbonyl (C=O) groups is 1. The monoisotopic (exact) mass is 500 g/mol. The molecule has 4 aliphatic carbocycles. The fraction of sp³-hybridized carbons (Fsp3) is 0.514. The van der Waals surface area contributed by atoms with Gasteiger partial charge < -0.3 is 5.11 Å². The van der Waals surface area contributed by atoms with Crippen molar-refractivity contribution < 1.29 is 9.90 Å². The van der Waals surface area contributed by atoms with E-state index in [1.54, 1.807) is 5.57 Å². The number of hydrogen-bond acceptors (Lipinski definition) is 2. The van der Waals surface area contributed by atoms with E-state index >= 15 is 0 Å². The second-order valence-electron chi connectivity index (χ2n) is 10.7. The minimum atomic E-state index is 0.239. The van der Waals surface area contributed by atoms with Crippen LogP contribution < -0.4 is 0 Å². The predicted molar refractivity (Wildman–Crippen MR) is 158 cm³/mol. The van der Waals surface area contributed by atoms with Crippen molar-refractivity contribution in [1.29, 1.82) is 0 Å². The van der Waals surface area contributed by atoms with Crippen molar-refractivity contribution in [2.24, 2.45) is 23.2 Å². The first kappa shape index (κ1) is 30.6. The maximum atomic E-state index is 12.1. The summed E-state index contributed by atoms with van der Waals surface area (Å²) in [5.74, 6) is 5.70. The van der Waals surface area contributed by atoms with E-state index in [-0.39, 0.29) is 5.41 Å². The Morgan fingerprint density at radius 2 is 1.73 bits per heavy atom. The van der Waals surface area contributed by atoms with E-state index in [0.29, 0.717) is 35.9 Å². The minimum Gasteiger partial charge on any atom is -0.400 e. The van der Waals surface area contributed by atoms with E-state index in [1.807, 2.05) is 12.2 Å². The molecule has 0 radical (unpaired) electrons. The van der Waals surface area contributed by atoms with Crippen LogP contribution in [-0.2, 0) is 11.2 Å². The Balaban J connectivity index is 0.000000541. The summed E-state index contributed by atoms with van der Waals surface area (Å²) in [6, 6.07) is 9.34. The summed E-state index contributed by atoms with van der Waals surface area (Å²) in [7, 11) is 1.00. The predicted octanol–water partition coefficient (Wildman–Crippen LogP) is 8.39. The van der Waals surface area contributed by atoms with E-state index in [0.717, 1.165) is 39.2 Å². The summed E-state index contributed by atoms with van der Waals surface area (Å²) in [5, 5.41) is 7.00. The van der Waals surface area contributed by atoms with Gasteiger partial charge in [-0.2, -0.15) is 0 Å². The van der Waals surface area contributed by atoms with E-state index < -0.39 is 0 Å². The van der Waals surface area contributed by atoms with Gasteiger partial charge in [-0.25, -0.2) is 0 Å². The molecule has 1 N–H and O–H groups in total. The number of terminal acetylenes is 1. The molecule has 2 saturated carbocycles. The van der Waals surface area contributed by atoms with Gasteiger partial charge in [0.2, 0.25) is 0 Å². The van der Waals surface area contributed by atoms with Crippen LogP contribution in [0.5, 0.6) is 0 Å². The summed E-state index contributed by atoms with van der Waals surface area (Å²) < 4.78 is 0. The lowest BCUT2D eigenvalue weighted by molar-refractivity contribution is -0.114. The van der Waals surface area contributed by atoms with Crippen LogP contribution in [0.15, 0.2) is 72.9 Å². The Morgan fingerprint density at radius 3 is 2.30 bits per heavy atom. The maximum absolute atomic E-state index is 12.1. The van der Waals surface area contributed by atoms with E-state index in [4.69, 9.17) is 11.5 Å². The van der Waals surface area contributed by atoms with Crippen LogP contribution in [0.4, 0.5) is 0 Å². The molecule has 37 heavy (non-hydrogen) atoms. The first-order valence-electron chi connectivity index (χ1n) is 14.0. The van der Waals surface area contributed by atoms with Crippen molar-refractivity contribution in [3.63, 3.8) is 0 Å². The molecule has 5 rings (SSSR count). The molecule has 2 heteroatoms. The Kier molecular flexibility index (Phi) is 11.9. The summed E-state index contributed by atoms with van der Waals surface area (Å²) in [6.45, 7) is 16.2. The molecule has 2 nitrogen and oxygen atoms in total. The molecule has 5 atom stereocenters. The molecule has 2 fully saturated rings. The highest BCUT2D eigenvalue weighted by molar-refractivity contribution is 5.93. The number of aryl methyl sites for hydroxylation is 1. The largest absolute Gasteiger partial charge is 0.400 e. The lowest BCUT2D eigenvalue weighted by atomic mass is 9.52. The van der Waals surface area contributed by atoms with Crippen LogP contribution in [0.2, 0.25) is 0 Å². The average molecular weight is 501 g/mol. The molecule has 0 aromatic heterocycles. The average Bonchev–Trinajstić information content (AvgIpc) is 3.30. The fourth-order valence-corrected chi connectivity index (χ4v) is 7.22. The van der Waals surface area contributed by atoms with Gasteiger partial charge in [0, 0.05) is 25.4 Å². The minimum absolute atomic E-state index is 0.239. The Morgan fingerprint density at radius 1 is 1.08 bits per heavy atom. The zero-order valence-electron chi connectivity index (χ0n) is 23.7. The second-order valence-corrected chi connectivity index (χ2v) is 10.7. The zero-order valence-corrected chi connectivity index (χ0v) is 23.7. The maximum Gasteiger partial charge on any atom is 0.156 e. The number of rotatable bonds is 3. The van der Waals surface area contributed by atoms with Gasteiger partial charge in [-0.05, 0) is 97.0 Å². The van der Waals surface area contributed by atoms with Gasteiger partial charge in [-0.15, -0.1) is 32.1 Å². The molecular formula is C35H48O2. The van der Waals surface area contributed by atoms with Gasteiger partial charge in [0.15, 0.2) is 5.78 Å². The van der Waals surface area contributed by atoms with E-state index in [9.17, 15) is 4.79 Å². The van der Waals surface area contributed by atoms with Crippen molar-refractivity contribution in [3.05, 3.63) is 84.0 Å². The van der Waals surface area contributed by atoms with Crippen LogP contribution in [0, 0.1) is 35.5 Å². The van der Waals surface area contributed by atoms with Crippen molar-refractivity contribution in [2.45, 2.75) is 84.5 Å². The molecule has 0 saturated heterocycles. The fourth-order valence-electron chi connectivity index (χ4n) is 7.22. The van der Waals surface area contributed by atoms with Crippen LogP contribution >= 0.6 is 0 Å². The molecule has 1 aromatic rings.